The molecule has 4 aromatic rings. The summed E-state index contributed by atoms with van der Waals surface area (Å²) in [5.74, 6) is 0.0593. The summed E-state index contributed by atoms with van der Waals surface area (Å²) in [6.07, 6.45) is 0. The number of hydrogen-bond donors (Lipinski definition) is 2. The van der Waals surface area contributed by atoms with Crippen molar-refractivity contribution in [2.24, 2.45) is 0 Å². The zero-order chi connectivity index (χ0) is 19.7. The van der Waals surface area contributed by atoms with E-state index in [1.165, 1.54) is 11.8 Å². The molecule has 0 bridgehead atoms. The van der Waals surface area contributed by atoms with Crippen LogP contribution in [0.25, 0.3) is 22.1 Å². The summed E-state index contributed by atoms with van der Waals surface area (Å²) in [7, 11) is 3.94. The van der Waals surface area contributed by atoms with Crippen LogP contribution < -0.4 is 10.2 Å². The molecule has 0 aliphatic carbocycles. The van der Waals surface area contributed by atoms with Gasteiger partial charge in [0.25, 0.3) is 0 Å². The molecule has 2 N–H and O–H groups in total. The zero-order valence-electron chi connectivity index (χ0n) is 15.2. The summed E-state index contributed by atoms with van der Waals surface area (Å²) in [4.78, 5) is 21.9. The molecule has 0 aliphatic rings. The highest BCUT2D eigenvalue weighted by Crippen LogP contribution is 2.26. The highest BCUT2D eigenvalue weighted by molar-refractivity contribution is 7.99. The third-order valence-electron chi connectivity index (χ3n) is 4.16. The molecule has 2 heterocycles. The van der Waals surface area contributed by atoms with Gasteiger partial charge in [0.2, 0.25) is 11.1 Å². The summed E-state index contributed by atoms with van der Waals surface area (Å²) in [5.41, 5.74) is 3.99. The Kier molecular flexibility index (Phi) is 5.06. The van der Waals surface area contributed by atoms with E-state index in [4.69, 9.17) is 11.6 Å². The summed E-state index contributed by atoms with van der Waals surface area (Å²) in [5, 5.41) is 13.2. The van der Waals surface area contributed by atoms with Crippen molar-refractivity contribution in [1.82, 2.24) is 20.2 Å². The van der Waals surface area contributed by atoms with E-state index < -0.39 is 0 Å². The van der Waals surface area contributed by atoms with Gasteiger partial charge in [0, 0.05) is 41.4 Å². The molecule has 9 heteroatoms. The third-order valence-corrected chi connectivity index (χ3v) is 5.23. The molecule has 0 saturated carbocycles. The van der Waals surface area contributed by atoms with Gasteiger partial charge in [-0.25, -0.2) is 4.98 Å². The average molecular weight is 413 g/mol. The fourth-order valence-corrected chi connectivity index (χ4v) is 3.52. The van der Waals surface area contributed by atoms with Gasteiger partial charge >= 0.3 is 0 Å². The zero-order valence-corrected chi connectivity index (χ0v) is 16.8. The van der Waals surface area contributed by atoms with Gasteiger partial charge in [-0.2, -0.15) is 0 Å². The molecule has 0 fully saturated rings. The van der Waals surface area contributed by atoms with Crippen LogP contribution in [0.4, 0.5) is 11.4 Å². The minimum absolute atomic E-state index is 0.130. The van der Waals surface area contributed by atoms with Crippen LogP contribution in [0.5, 0.6) is 0 Å². The van der Waals surface area contributed by atoms with Crippen molar-refractivity contribution in [2.45, 2.75) is 5.16 Å². The molecule has 2 aromatic heterocycles. The highest BCUT2D eigenvalue weighted by atomic mass is 35.5. The predicted molar refractivity (Wildman–Crippen MR) is 114 cm³/mol. The Hall–Kier alpha value is -2.84. The number of amides is 1. The van der Waals surface area contributed by atoms with Crippen LogP contribution in [0.3, 0.4) is 0 Å². The number of hydrogen-bond acceptors (Lipinski definition) is 6. The Bertz CT molecular complexity index is 1160. The minimum atomic E-state index is -0.130. The number of carbonyl (C=O) groups is 1. The number of anilines is 2. The summed E-state index contributed by atoms with van der Waals surface area (Å²) in [6.45, 7) is 0. The van der Waals surface area contributed by atoms with Crippen molar-refractivity contribution in [2.75, 3.05) is 30.1 Å². The maximum atomic E-state index is 12.2. The van der Waals surface area contributed by atoms with E-state index in [9.17, 15) is 4.79 Å². The lowest BCUT2D eigenvalue weighted by Crippen LogP contribution is -2.14. The van der Waals surface area contributed by atoms with Gasteiger partial charge in [-0.1, -0.05) is 23.4 Å². The van der Waals surface area contributed by atoms with Gasteiger partial charge in [0.05, 0.1) is 5.75 Å². The first-order valence-corrected chi connectivity index (χ1v) is 9.87. The smallest absolute Gasteiger partial charge is 0.234 e. The van der Waals surface area contributed by atoms with E-state index in [0.29, 0.717) is 21.3 Å². The molecule has 0 spiro atoms. The van der Waals surface area contributed by atoms with Crippen LogP contribution in [0.2, 0.25) is 5.02 Å². The summed E-state index contributed by atoms with van der Waals surface area (Å²) < 4.78 is 0. The van der Waals surface area contributed by atoms with Crippen LogP contribution in [0.15, 0.2) is 47.6 Å². The second-order valence-electron chi connectivity index (χ2n) is 6.38. The first-order chi connectivity index (χ1) is 13.5. The van der Waals surface area contributed by atoms with Crippen molar-refractivity contribution in [3.63, 3.8) is 0 Å². The largest absolute Gasteiger partial charge is 0.378 e. The van der Waals surface area contributed by atoms with Crippen molar-refractivity contribution in [3.05, 3.63) is 47.5 Å². The number of benzene rings is 2. The molecule has 1 amide bonds. The van der Waals surface area contributed by atoms with Gasteiger partial charge in [0.15, 0.2) is 5.65 Å². The fourth-order valence-electron chi connectivity index (χ4n) is 2.76. The van der Waals surface area contributed by atoms with Crippen molar-refractivity contribution in [3.8, 4) is 0 Å². The Labute approximate surface area is 170 Å². The number of nitrogens with zero attached hydrogens (tertiary/aromatic N) is 4. The van der Waals surface area contributed by atoms with Crippen LogP contribution in [-0.2, 0) is 4.79 Å². The maximum absolute atomic E-state index is 12.2. The Balaban J connectivity index is 1.43. The second-order valence-corrected chi connectivity index (χ2v) is 7.76. The molecule has 7 nitrogen and oxygen atoms in total. The molecule has 0 unspecified atom stereocenters. The molecule has 2 aromatic carbocycles. The van der Waals surface area contributed by atoms with E-state index in [2.05, 4.69) is 25.5 Å². The Morgan fingerprint density at radius 1 is 1.18 bits per heavy atom. The maximum Gasteiger partial charge on any atom is 0.234 e. The minimum Gasteiger partial charge on any atom is -0.378 e. The lowest BCUT2D eigenvalue weighted by molar-refractivity contribution is -0.113. The van der Waals surface area contributed by atoms with Gasteiger partial charge in [0.1, 0.15) is 5.52 Å². The van der Waals surface area contributed by atoms with Crippen LogP contribution in [0, 0.1) is 0 Å². The van der Waals surface area contributed by atoms with Crippen molar-refractivity contribution < 1.29 is 4.79 Å². The molecular formula is C19H17ClN6OS. The van der Waals surface area contributed by atoms with Crippen molar-refractivity contribution >= 4 is 62.7 Å². The number of rotatable bonds is 5. The van der Waals surface area contributed by atoms with Crippen LogP contribution >= 0.6 is 23.4 Å². The number of nitrogens with one attached hydrogen (secondary N) is 2. The third kappa shape index (κ3) is 3.88. The van der Waals surface area contributed by atoms with Gasteiger partial charge < -0.3 is 15.2 Å². The molecule has 142 valence electrons. The molecule has 0 aliphatic heterocycles. The van der Waals surface area contributed by atoms with E-state index in [1.54, 1.807) is 6.07 Å². The Morgan fingerprint density at radius 3 is 2.71 bits per heavy atom. The quantitative estimate of drug-likeness (QED) is 0.482. The van der Waals surface area contributed by atoms with E-state index in [0.717, 1.165) is 22.3 Å². The lowest BCUT2D eigenvalue weighted by atomic mass is 10.2. The second kappa shape index (κ2) is 7.65. The lowest BCUT2D eigenvalue weighted by Gasteiger charge is -2.12. The van der Waals surface area contributed by atoms with E-state index in [1.807, 2.05) is 55.4 Å². The number of carbonyl (C=O) groups excluding carboxylic acids is 1. The molecule has 0 atom stereocenters. The van der Waals surface area contributed by atoms with Gasteiger partial charge in [-0.3, -0.25) is 4.79 Å². The van der Waals surface area contributed by atoms with E-state index in [-0.39, 0.29) is 11.7 Å². The number of aromatic nitrogens is 4. The SMILES string of the molecule is CN(C)c1ccc(NC(=O)CSc2nnc3c(n2)[nH]c2ccc(Cl)cc23)cc1. The average Bonchev–Trinajstić information content (AvgIpc) is 3.04. The molecule has 0 radical (unpaired) electrons. The van der Waals surface area contributed by atoms with Gasteiger partial charge in [-0.15, -0.1) is 10.2 Å². The van der Waals surface area contributed by atoms with Gasteiger partial charge in [-0.05, 0) is 42.5 Å². The van der Waals surface area contributed by atoms with Crippen molar-refractivity contribution in [1.29, 1.82) is 0 Å². The van der Waals surface area contributed by atoms with Crippen LogP contribution in [-0.4, -0.2) is 45.9 Å². The molecular weight excluding hydrogens is 396 g/mol. The molecule has 0 saturated heterocycles. The number of thioether (sulfide) groups is 1. The molecule has 4 rings (SSSR count). The Morgan fingerprint density at radius 2 is 1.96 bits per heavy atom. The number of fused-ring (bicyclic) bond motifs is 3. The molecule has 28 heavy (non-hydrogen) atoms. The first-order valence-electron chi connectivity index (χ1n) is 8.51. The highest BCUT2D eigenvalue weighted by Gasteiger charge is 2.11. The number of aromatic amines is 1. The summed E-state index contributed by atoms with van der Waals surface area (Å²) in [6, 6.07) is 13.2. The topological polar surface area (TPSA) is 86.8 Å². The van der Waals surface area contributed by atoms with Crippen LogP contribution in [0.1, 0.15) is 0 Å². The first kappa shape index (κ1) is 18.5. The normalized spacial score (nSPS) is 11.1. The summed E-state index contributed by atoms with van der Waals surface area (Å²) >= 11 is 7.28. The van der Waals surface area contributed by atoms with E-state index >= 15 is 0 Å². The predicted octanol–water partition coefficient (Wildman–Crippen LogP) is 3.96. The monoisotopic (exact) mass is 412 g/mol. The standard InChI is InChI=1S/C19H17ClN6OS/c1-26(2)13-6-4-12(5-7-13)21-16(27)10-28-19-23-18-17(24-25-19)14-9-11(20)3-8-15(14)22-18/h3-9H,10H2,1-2H3,(H,21,27)(H,22,23,25). The number of halogens is 1. The fraction of sp³-hybridized carbons (Fsp3) is 0.158. The number of H-pyrrole nitrogens is 1.